The van der Waals surface area contributed by atoms with Crippen LogP contribution in [0.1, 0.15) is 13.3 Å². The fraction of sp³-hybridized carbons (Fsp3) is 0.500. The maximum absolute atomic E-state index is 11.6. The van der Waals surface area contributed by atoms with Gasteiger partial charge in [-0.3, -0.25) is 0 Å². The summed E-state index contributed by atoms with van der Waals surface area (Å²) in [4.78, 5) is 0.166. The first-order valence-corrected chi connectivity index (χ1v) is 7.75. The summed E-state index contributed by atoms with van der Waals surface area (Å²) < 4.78 is 28.6. The van der Waals surface area contributed by atoms with Crippen LogP contribution in [-0.2, 0) is 14.6 Å². The number of benzene rings is 1. The van der Waals surface area contributed by atoms with Gasteiger partial charge in [-0.25, -0.2) is 8.42 Å². The Kier molecular flexibility index (Phi) is 3.49. The van der Waals surface area contributed by atoms with Crippen molar-refractivity contribution in [2.24, 2.45) is 0 Å². The number of sulfone groups is 1. The average Bonchev–Trinajstić information content (AvgIpc) is 2.66. The molecule has 0 aliphatic carbocycles. The van der Waals surface area contributed by atoms with Gasteiger partial charge in [-0.1, -0.05) is 6.07 Å². The zero-order valence-corrected chi connectivity index (χ0v) is 11.3. The quantitative estimate of drug-likeness (QED) is 0.808. The molecule has 1 saturated heterocycles. The van der Waals surface area contributed by atoms with Crippen molar-refractivity contribution in [3.05, 3.63) is 18.2 Å². The second-order valence-electron chi connectivity index (χ2n) is 4.60. The van der Waals surface area contributed by atoms with Crippen molar-refractivity contribution in [2.75, 3.05) is 23.9 Å². The fourth-order valence-corrected chi connectivity index (χ4v) is 2.95. The minimum absolute atomic E-state index is 0.103. The predicted octanol–water partition coefficient (Wildman–Crippen LogP) is 1.26. The first kappa shape index (κ1) is 13.2. The van der Waals surface area contributed by atoms with Crippen LogP contribution in [-0.4, -0.2) is 33.4 Å². The third kappa shape index (κ3) is 2.59. The molecular weight excluding hydrogens is 252 g/mol. The molecule has 1 aliphatic heterocycles. The third-order valence-corrected chi connectivity index (χ3v) is 4.34. The van der Waals surface area contributed by atoms with Crippen molar-refractivity contribution < 1.29 is 13.2 Å². The van der Waals surface area contributed by atoms with E-state index in [2.05, 4.69) is 5.32 Å². The van der Waals surface area contributed by atoms with Crippen LogP contribution in [0.25, 0.3) is 0 Å². The number of anilines is 2. The highest BCUT2D eigenvalue weighted by Crippen LogP contribution is 2.29. The summed E-state index contributed by atoms with van der Waals surface area (Å²) in [6.07, 6.45) is 2.15. The Morgan fingerprint density at radius 2 is 2.17 bits per heavy atom. The SMILES string of the molecule is CC1OCCC1Nc1cccc(S(C)(=O)=O)c1N. The van der Waals surface area contributed by atoms with Crippen LogP contribution in [0.3, 0.4) is 0 Å². The normalized spacial score (nSPS) is 24.1. The predicted molar refractivity (Wildman–Crippen MR) is 71.4 cm³/mol. The zero-order valence-electron chi connectivity index (χ0n) is 10.5. The molecule has 18 heavy (non-hydrogen) atoms. The summed E-state index contributed by atoms with van der Waals surface area (Å²) in [5, 5.41) is 3.26. The van der Waals surface area contributed by atoms with Gasteiger partial charge in [0, 0.05) is 12.9 Å². The Hall–Kier alpha value is -1.27. The number of para-hydroxylation sites is 1. The number of rotatable bonds is 3. The second kappa shape index (κ2) is 4.78. The first-order chi connectivity index (χ1) is 8.39. The van der Waals surface area contributed by atoms with Crippen LogP contribution in [0.15, 0.2) is 23.1 Å². The third-order valence-electron chi connectivity index (χ3n) is 3.18. The topological polar surface area (TPSA) is 81.4 Å². The lowest BCUT2D eigenvalue weighted by Crippen LogP contribution is -2.27. The molecule has 0 saturated carbocycles. The van der Waals surface area contributed by atoms with E-state index in [0.29, 0.717) is 12.3 Å². The Bertz CT molecular complexity index is 542. The van der Waals surface area contributed by atoms with Gasteiger partial charge in [-0.2, -0.15) is 0 Å². The van der Waals surface area contributed by atoms with Gasteiger partial charge < -0.3 is 15.8 Å². The molecule has 0 amide bonds. The largest absolute Gasteiger partial charge is 0.396 e. The number of hydrogen-bond acceptors (Lipinski definition) is 5. The van der Waals surface area contributed by atoms with Crippen LogP contribution < -0.4 is 11.1 Å². The highest BCUT2D eigenvalue weighted by Gasteiger charge is 2.25. The molecule has 3 N–H and O–H groups in total. The minimum atomic E-state index is -3.30. The molecule has 2 atom stereocenters. The zero-order chi connectivity index (χ0) is 13.3. The van der Waals surface area contributed by atoms with E-state index in [9.17, 15) is 8.42 Å². The maximum Gasteiger partial charge on any atom is 0.177 e. The summed E-state index contributed by atoms with van der Waals surface area (Å²) in [7, 11) is -3.30. The van der Waals surface area contributed by atoms with E-state index in [1.165, 1.54) is 6.07 Å². The van der Waals surface area contributed by atoms with Crippen molar-refractivity contribution in [3.8, 4) is 0 Å². The van der Waals surface area contributed by atoms with Crippen LogP contribution in [0, 0.1) is 0 Å². The standard InChI is InChI=1S/C12H18N2O3S/c1-8-9(6-7-17-8)14-10-4-3-5-11(12(10)13)18(2,15)16/h3-5,8-9,14H,6-7,13H2,1-2H3. The fourth-order valence-electron chi connectivity index (χ4n) is 2.11. The molecule has 0 bridgehead atoms. The van der Waals surface area contributed by atoms with Crippen molar-refractivity contribution in [2.45, 2.75) is 30.4 Å². The van der Waals surface area contributed by atoms with E-state index < -0.39 is 9.84 Å². The van der Waals surface area contributed by atoms with Crippen molar-refractivity contribution in [1.82, 2.24) is 0 Å². The van der Waals surface area contributed by atoms with Gasteiger partial charge in [0.25, 0.3) is 0 Å². The van der Waals surface area contributed by atoms with Crippen molar-refractivity contribution in [3.63, 3.8) is 0 Å². The molecule has 6 heteroatoms. The van der Waals surface area contributed by atoms with Gasteiger partial charge in [0.1, 0.15) is 0 Å². The van der Waals surface area contributed by atoms with Gasteiger partial charge in [0.05, 0.1) is 28.4 Å². The van der Waals surface area contributed by atoms with Gasteiger partial charge >= 0.3 is 0 Å². The summed E-state index contributed by atoms with van der Waals surface area (Å²) >= 11 is 0. The van der Waals surface area contributed by atoms with Crippen molar-refractivity contribution >= 4 is 21.2 Å². The molecule has 2 unspecified atom stereocenters. The summed E-state index contributed by atoms with van der Waals surface area (Å²) in [5.41, 5.74) is 6.84. The Morgan fingerprint density at radius 1 is 1.44 bits per heavy atom. The molecule has 1 heterocycles. The highest BCUT2D eigenvalue weighted by atomic mass is 32.2. The second-order valence-corrected chi connectivity index (χ2v) is 6.59. The molecule has 0 aromatic heterocycles. The van der Waals surface area contributed by atoms with E-state index in [1.54, 1.807) is 12.1 Å². The molecule has 0 spiro atoms. The molecule has 0 radical (unpaired) electrons. The van der Waals surface area contributed by atoms with E-state index >= 15 is 0 Å². The minimum Gasteiger partial charge on any atom is -0.396 e. The molecule has 100 valence electrons. The number of nitrogen functional groups attached to an aromatic ring is 1. The van der Waals surface area contributed by atoms with Gasteiger partial charge in [-0.05, 0) is 25.5 Å². The molecule has 1 aromatic carbocycles. The lowest BCUT2D eigenvalue weighted by molar-refractivity contribution is 0.121. The monoisotopic (exact) mass is 270 g/mol. The van der Waals surface area contributed by atoms with E-state index in [0.717, 1.165) is 12.7 Å². The molecule has 1 aromatic rings. The van der Waals surface area contributed by atoms with E-state index in [4.69, 9.17) is 10.5 Å². The van der Waals surface area contributed by atoms with Gasteiger partial charge in [-0.15, -0.1) is 0 Å². The molecule has 2 rings (SSSR count). The lowest BCUT2D eigenvalue weighted by atomic mass is 10.1. The Labute approximate surface area is 107 Å². The first-order valence-electron chi connectivity index (χ1n) is 5.86. The maximum atomic E-state index is 11.6. The molecular formula is C12H18N2O3S. The number of nitrogens with two attached hydrogens (primary N) is 1. The number of nitrogens with one attached hydrogen (secondary N) is 1. The van der Waals surface area contributed by atoms with Gasteiger partial charge in [0.15, 0.2) is 9.84 Å². The van der Waals surface area contributed by atoms with Crippen LogP contribution >= 0.6 is 0 Å². The average molecular weight is 270 g/mol. The molecule has 1 aliphatic rings. The van der Waals surface area contributed by atoms with Crippen molar-refractivity contribution in [1.29, 1.82) is 0 Å². The smallest absolute Gasteiger partial charge is 0.177 e. The van der Waals surface area contributed by atoms with Crippen LogP contribution in [0.5, 0.6) is 0 Å². The Morgan fingerprint density at radius 3 is 2.72 bits per heavy atom. The lowest BCUT2D eigenvalue weighted by Gasteiger charge is -2.19. The van der Waals surface area contributed by atoms with E-state index in [1.807, 2.05) is 6.92 Å². The molecule has 1 fully saturated rings. The van der Waals surface area contributed by atoms with Crippen LogP contribution in [0.4, 0.5) is 11.4 Å². The summed E-state index contributed by atoms with van der Waals surface area (Å²) in [6.45, 7) is 2.70. The number of ether oxygens (including phenoxy) is 1. The van der Waals surface area contributed by atoms with E-state index in [-0.39, 0.29) is 22.7 Å². The number of hydrogen-bond donors (Lipinski definition) is 2. The molecule has 5 nitrogen and oxygen atoms in total. The van der Waals surface area contributed by atoms with Gasteiger partial charge in [0.2, 0.25) is 0 Å². The Balaban J connectivity index is 2.29. The summed E-state index contributed by atoms with van der Waals surface area (Å²) in [6, 6.07) is 5.16. The summed E-state index contributed by atoms with van der Waals surface area (Å²) in [5.74, 6) is 0. The highest BCUT2D eigenvalue weighted by molar-refractivity contribution is 7.90. The van der Waals surface area contributed by atoms with Crippen LogP contribution in [0.2, 0.25) is 0 Å².